The number of aryl methyl sites for hydroxylation is 1. The van der Waals surface area contributed by atoms with Crippen molar-refractivity contribution in [3.8, 4) is 0 Å². The Hall–Kier alpha value is -2.14. The predicted octanol–water partition coefficient (Wildman–Crippen LogP) is 3.12. The summed E-state index contributed by atoms with van der Waals surface area (Å²) < 4.78 is 0. The largest absolute Gasteiger partial charge is 0.356 e. The first-order valence-corrected chi connectivity index (χ1v) is 8.77. The van der Waals surface area contributed by atoms with Crippen LogP contribution < -0.4 is 15.5 Å². The molecule has 0 saturated carbocycles. The lowest BCUT2D eigenvalue weighted by molar-refractivity contribution is 0.507. The summed E-state index contributed by atoms with van der Waals surface area (Å²) in [5.74, 6) is 2.31. The molecule has 1 aromatic carbocycles. The summed E-state index contributed by atoms with van der Waals surface area (Å²) >= 11 is 0. The first-order valence-electron chi connectivity index (χ1n) is 8.77. The topological polar surface area (TPSA) is 58.3 Å². The van der Waals surface area contributed by atoms with E-state index >= 15 is 0 Å². The highest BCUT2D eigenvalue weighted by Crippen LogP contribution is 2.25. The Morgan fingerprint density at radius 1 is 1.21 bits per heavy atom. The zero-order chi connectivity index (χ0) is 16.9. The highest BCUT2D eigenvalue weighted by molar-refractivity contribution is 5.58. The molecule has 1 unspecified atom stereocenters. The summed E-state index contributed by atoms with van der Waals surface area (Å²) in [6, 6.07) is 12.3. The smallest absolute Gasteiger partial charge is 0.231 e. The van der Waals surface area contributed by atoms with Gasteiger partial charge in [0.2, 0.25) is 5.95 Å². The Labute approximate surface area is 144 Å². The summed E-state index contributed by atoms with van der Waals surface area (Å²) in [5, 5.41) is 0. The molecule has 5 heteroatoms. The monoisotopic (exact) mass is 325 g/mol. The van der Waals surface area contributed by atoms with Gasteiger partial charge in [-0.05, 0) is 44.4 Å². The molecule has 3 rings (SSSR count). The quantitative estimate of drug-likeness (QED) is 0.936. The van der Waals surface area contributed by atoms with Gasteiger partial charge in [-0.2, -0.15) is 4.98 Å². The molecule has 0 spiro atoms. The average molecular weight is 325 g/mol. The standard InChI is InChI=1S/C19H27N5/c1-15-12-18(24-11-7-6-8-16(13-20)14-24)22-19(21-15)23(2)17-9-4-3-5-10-17/h3-5,9-10,12,16H,6-8,11,13-14,20H2,1-2H3. The summed E-state index contributed by atoms with van der Waals surface area (Å²) in [5.41, 5.74) is 8.01. The molecular formula is C19H27N5. The third-order valence-electron chi connectivity index (χ3n) is 4.70. The first-order chi connectivity index (χ1) is 11.7. The van der Waals surface area contributed by atoms with Crippen molar-refractivity contribution in [2.45, 2.75) is 26.2 Å². The van der Waals surface area contributed by atoms with E-state index in [-0.39, 0.29) is 0 Å². The Kier molecular flexibility index (Phi) is 5.30. The van der Waals surface area contributed by atoms with Gasteiger partial charge in [0.15, 0.2) is 0 Å². The third-order valence-corrected chi connectivity index (χ3v) is 4.70. The summed E-state index contributed by atoms with van der Waals surface area (Å²) in [6.45, 7) is 4.81. The fraction of sp³-hybridized carbons (Fsp3) is 0.474. The molecule has 1 fully saturated rings. The van der Waals surface area contributed by atoms with Gasteiger partial charge in [-0.25, -0.2) is 4.98 Å². The Balaban J connectivity index is 1.88. The van der Waals surface area contributed by atoms with Crippen LogP contribution in [-0.2, 0) is 0 Å². The maximum atomic E-state index is 5.93. The molecule has 0 bridgehead atoms. The zero-order valence-electron chi connectivity index (χ0n) is 14.7. The van der Waals surface area contributed by atoms with Crippen molar-refractivity contribution in [1.29, 1.82) is 0 Å². The van der Waals surface area contributed by atoms with Gasteiger partial charge in [0, 0.05) is 37.6 Å². The predicted molar refractivity (Wildman–Crippen MR) is 99.9 cm³/mol. The van der Waals surface area contributed by atoms with Crippen LogP contribution in [0.15, 0.2) is 36.4 Å². The van der Waals surface area contributed by atoms with Crippen molar-refractivity contribution in [1.82, 2.24) is 9.97 Å². The molecule has 1 saturated heterocycles. The Morgan fingerprint density at radius 2 is 2.00 bits per heavy atom. The van der Waals surface area contributed by atoms with Crippen molar-refractivity contribution in [2.24, 2.45) is 11.7 Å². The van der Waals surface area contributed by atoms with Crippen molar-refractivity contribution < 1.29 is 0 Å². The van der Waals surface area contributed by atoms with Crippen molar-refractivity contribution in [3.63, 3.8) is 0 Å². The van der Waals surface area contributed by atoms with E-state index in [1.807, 2.05) is 37.1 Å². The second-order valence-corrected chi connectivity index (χ2v) is 6.61. The highest BCUT2D eigenvalue weighted by atomic mass is 15.3. The fourth-order valence-electron chi connectivity index (χ4n) is 3.25. The molecule has 2 aromatic rings. The van der Waals surface area contributed by atoms with Gasteiger partial charge >= 0.3 is 0 Å². The number of nitrogens with zero attached hydrogens (tertiary/aromatic N) is 4. The molecule has 0 radical (unpaired) electrons. The number of aromatic nitrogens is 2. The molecular weight excluding hydrogens is 298 g/mol. The number of rotatable bonds is 4. The summed E-state index contributed by atoms with van der Waals surface area (Å²) in [4.78, 5) is 13.9. The molecule has 1 aliphatic rings. The molecule has 1 aliphatic heterocycles. The lowest BCUT2D eigenvalue weighted by Gasteiger charge is -2.26. The van der Waals surface area contributed by atoms with Gasteiger partial charge in [0.1, 0.15) is 5.82 Å². The van der Waals surface area contributed by atoms with E-state index in [9.17, 15) is 0 Å². The van der Waals surface area contributed by atoms with Crippen LogP contribution in [0.3, 0.4) is 0 Å². The summed E-state index contributed by atoms with van der Waals surface area (Å²) in [6.07, 6.45) is 3.66. The lowest BCUT2D eigenvalue weighted by Crippen LogP contribution is -2.32. The van der Waals surface area contributed by atoms with Crippen LogP contribution in [0, 0.1) is 12.8 Å². The van der Waals surface area contributed by atoms with Crippen LogP contribution in [0.1, 0.15) is 25.0 Å². The van der Waals surface area contributed by atoms with Gasteiger partial charge in [0.05, 0.1) is 0 Å². The number of nitrogens with two attached hydrogens (primary N) is 1. The SMILES string of the molecule is Cc1cc(N2CCCCC(CN)C2)nc(N(C)c2ccccc2)n1. The number of anilines is 3. The minimum absolute atomic E-state index is 0.554. The van der Waals surface area contributed by atoms with E-state index in [4.69, 9.17) is 10.7 Å². The number of benzene rings is 1. The van der Waals surface area contributed by atoms with Crippen LogP contribution in [0.25, 0.3) is 0 Å². The maximum absolute atomic E-state index is 5.93. The second kappa shape index (κ2) is 7.62. The molecule has 0 aliphatic carbocycles. The number of hydrogen-bond acceptors (Lipinski definition) is 5. The van der Waals surface area contributed by atoms with Crippen LogP contribution >= 0.6 is 0 Å². The van der Waals surface area contributed by atoms with Gasteiger partial charge in [-0.15, -0.1) is 0 Å². The van der Waals surface area contributed by atoms with Crippen molar-refractivity contribution in [3.05, 3.63) is 42.1 Å². The Bertz CT molecular complexity index is 658. The third kappa shape index (κ3) is 3.85. The van der Waals surface area contributed by atoms with E-state index in [0.717, 1.165) is 42.8 Å². The van der Waals surface area contributed by atoms with E-state index in [0.29, 0.717) is 5.92 Å². The van der Waals surface area contributed by atoms with Crippen LogP contribution in [0.4, 0.5) is 17.5 Å². The van der Waals surface area contributed by atoms with E-state index in [1.54, 1.807) is 0 Å². The number of para-hydroxylation sites is 1. The highest BCUT2D eigenvalue weighted by Gasteiger charge is 2.20. The van der Waals surface area contributed by atoms with Gasteiger partial charge < -0.3 is 15.5 Å². The number of hydrogen-bond donors (Lipinski definition) is 1. The van der Waals surface area contributed by atoms with Gasteiger partial charge in [0.25, 0.3) is 0 Å². The molecule has 5 nitrogen and oxygen atoms in total. The first kappa shape index (κ1) is 16.7. The minimum Gasteiger partial charge on any atom is -0.356 e. The molecule has 0 amide bonds. The van der Waals surface area contributed by atoms with E-state index < -0.39 is 0 Å². The van der Waals surface area contributed by atoms with E-state index in [2.05, 4.69) is 28.1 Å². The van der Waals surface area contributed by atoms with Crippen LogP contribution in [-0.4, -0.2) is 36.6 Å². The second-order valence-electron chi connectivity index (χ2n) is 6.61. The summed E-state index contributed by atoms with van der Waals surface area (Å²) in [7, 11) is 2.01. The Morgan fingerprint density at radius 3 is 2.75 bits per heavy atom. The molecule has 2 heterocycles. The van der Waals surface area contributed by atoms with Crippen molar-refractivity contribution >= 4 is 17.5 Å². The van der Waals surface area contributed by atoms with Gasteiger partial charge in [-0.3, -0.25) is 0 Å². The van der Waals surface area contributed by atoms with Crippen molar-refractivity contribution in [2.75, 3.05) is 36.5 Å². The lowest BCUT2D eigenvalue weighted by atomic mass is 10.0. The molecule has 1 aromatic heterocycles. The van der Waals surface area contributed by atoms with E-state index in [1.165, 1.54) is 19.3 Å². The molecule has 1 atom stereocenters. The average Bonchev–Trinajstić information content (AvgIpc) is 2.87. The molecule has 2 N–H and O–H groups in total. The zero-order valence-corrected chi connectivity index (χ0v) is 14.7. The normalized spacial score (nSPS) is 18.3. The molecule has 128 valence electrons. The minimum atomic E-state index is 0.554. The van der Waals surface area contributed by atoms with Gasteiger partial charge in [-0.1, -0.05) is 24.6 Å². The maximum Gasteiger partial charge on any atom is 0.231 e. The molecule has 24 heavy (non-hydrogen) atoms. The fourth-order valence-corrected chi connectivity index (χ4v) is 3.25. The van der Waals surface area contributed by atoms with Crippen LogP contribution in [0.2, 0.25) is 0 Å². The van der Waals surface area contributed by atoms with Crippen LogP contribution in [0.5, 0.6) is 0 Å².